The van der Waals surface area contributed by atoms with Crippen LogP contribution < -0.4 is 20.3 Å². The molecule has 0 radical (unpaired) electrons. The Labute approximate surface area is 226 Å². The molecule has 0 aliphatic rings. The van der Waals surface area contributed by atoms with Crippen LogP contribution in [0.5, 0.6) is 5.75 Å². The van der Waals surface area contributed by atoms with Crippen LogP contribution >= 0.6 is 0 Å². The lowest BCUT2D eigenvalue weighted by atomic mass is 10.1. The molecule has 12 heteroatoms. The van der Waals surface area contributed by atoms with Crippen molar-refractivity contribution in [2.75, 3.05) is 16.8 Å². The molecule has 0 saturated carbocycles. The number of amides is 3. The minimum Gasteiger partial charge on any atom is -0.481 e. The van der Waals surface area contributed by atoms with Crippen LogP contribution in [-0.4, -0.2) is 40.9 Å². The lowest BCUT2D eigenvalue weighted by Gasteiger charge is -2.24. The maximum atomic E-state index is 13.4. The molecular formula is C28H23F3N4O5. The zero-order valence-electron chi connectivity index (χ0n) is 20.8. The van der Waals surface area contributed by atoms with E-state index in [2.05, 4.69) is 20.4 Å². The predicted molar refractivity (Wildman–Crippen MR) is 141 cm³/mol. The number of fused-ring (bicyclic) bond motifs is 1. The lowest BCUT2D eigenvalue weighted by Crippen LogP contribution is -2.34. The van der Waals surface area contributed by atoms with Crippen LogP contribution in [0.15, 0.2) is 85.1 Å². The van der Waals surface area contributed by atoms with Crippen LogP contribution in [0.4, 0.5) is 29.3 Å². The Morgan fingerprint density at radius 2 is 1.65 bits per heavy atom. The van der Waals surface area contributed by atoms with Gasteiger partial charge in [0, 0.05) is 23.2 Å². The second kappa shape index (κ2) is 12.2. The van der Waals surface area contributed by atoms with Crippen molar-refractivity contribution in [3.8, 4) is 5.75 Å². The molecule has 0 spiro atoms. The highest BCUT2D eigenvalue weighted by molar-refractivity contribution is 6.02. The lowest BCUT2D eigenvalue weighted by molar-refractivity contribution is -0.274. The SMILES string of the molecule is O=C(O)CCNC(=O)c1ccc(CN(C(=O)Nc2ccc(OC(F)(F)F)cc2)c2cnc3ccccc3c2)cc1. The molecule has 0 atom stereocenters. The fourth-order valence-electron chi connectivity index (χ4n) is 3.75. The number of rotatable bonds is 9. The Morgan fingerprint density at radius 3 is 2.33 bits per heavy atom. The van der Waals surface area contributed by atoms with Crippen LogP contribution in [-0.2, 0) is 11.3 Å². The highest BCUT2D eigenvalue weighted by Crippen LogP contribution is 2.26. The number of carboxylic acid groups (broad SMARTS) is 1. The third-order valence-electron chi connectivity index (χ3n) is 5.65. The Morgan fingerprint density at radius 1 is 0.950 bits per heavy atom. The summed E-state index contributed by atoms with van der Waals surface area (Å²) in [6.07, 6.45) is -3.50. The summed E-state index contributed by atoms with van der Waals surface area (Å²) in [6, 6.07) is 19.7. The molecule has 3 amide bonds. The highest BCUT2D eigenvalue weighted by Gasteiger charge is 2.31. The van der Waals surface area contributed by atoms with Crippen molar-refractivity contribution in [1.82, 2.24) is 10.3 Å². The van der Waals surface area contributed by atoms with Gasteiger partial charge in [-0.15, -0.1) is 13.2 Å². The number of aromatic nitrogens is 1. The Kier molecular flexibility index (Phi) is 8.48. The highest BCUT2D eigenvalue weighted by atomic mass is 19.4. The molecular weight excluding hydrogens is 529 g/mol. The van der Waals surface area contributed by atoms with E-state index in [1.165, 1.54) is 23.2 Å². The zero-order valence-corrected chi connectivity index (χ0v) is 20.8. The normalized spacial score (nSPS) is 11.1. The van der Waals surface area contributed by atoms with Crippen molar-refractivity contribution in [2.45, 2.75) is 19.3 Å². The number of alkyl halides is 3. The minimum atomic E-state index is -4.83. The van der Waals surface area contributed by atoms with Crippen LogP contribution in [0.1, 0.15) is 22.3 Å². The first-order valence-electron chi connectivity index (χ1n) is 12.0. The van der Waals surface area contributed by atoms with Crippen LogP contribution in [0, 0.1) is 0 Å². The van der Waals surface area contributed by atoms with E-state index in [1.54, 1.807) is 30.3 Å². The summed E-state index contributed by atoms with van der Waals surface area (Å²) in [5.74, 6) is -1.88. The molecule has 0 unspecified atom stereocenters. The van der Waals surface area contributed by atoms with Crippen molar-refractivity contribution in [2.24, 2.45) is 0 Å². The molecule has 0 aliphatic carbocycles. The Balaban J connectivity index is 1.54. The van der Waals surface area contributed by atoms with E-state index in [0.29, 0.717) is 16.8 Å². The van der Waals surface area contributed by atoms with E-state index in [-0.39, 0.29) is 25.2 Å². The van der Waals surface area contributed by atoms with Gasteiger partial charge in [-0.3, -0.25) is 19.5 Å². The molecule has 4 rings (SSSR count). The molecule has 3 N–H and O–H groups in total. The monoisotopic (exact) mass is 552 g/mol. The first-order valence-corrected chi connectivity index (χ1v) is 12.0. The quantitative estimate of drug-likeness (QED) is 0.250. The first kappa shape index (κ1) is 27.9. The number of carbonyl (C=O) groups is 3. The maximum absolute atomic E-state index is 13.4. The number of urea groups is 1. The van der Waals surface area contributed by atoms with Crippen LogP contribution in [0.3, 0.4) is 0 Å². The second-order valence-electron chi connectivity index (χ2n) is 8.57. The number of hydrogen-bond donors (Lipinski definition) is 3. The number of para-hydroxylation sites is 1. The van der Waals surface area contributed by atoms with Crippen molar-refractivity contribution in [3.63, 3.8) is 0 Å². The fourth-order valence-corrected chi connectivity index (χ4v) is 3.75. The molecule has 0 aliphatic heterocycles. The van der Waals surface area contributed by atoms with Gasteiger partial charge in [-0.2, -0.15) is 0 Å². The van der Waals surface area contributed by atoms with Gasteiger partial charge in [0.2, 0.25) is 0 Å². The Hall–Kier alpha value is -5.13. The van der Waals surface area contributed by atoms with Crippen LogP contribution in [0.2, 0.25) is 0 Å². The number of nitrogens with one attached hydrogen (secondary N) is 2. The number of nitrogens with zero attached hydrogens (tertiary/aromatic N) is 2. The van der Waals surface area contributed by atoms with E-state index in [1.807, 2.05) is 24.3 Å². The van der Waals surface area contributed by atoms with Gasteiger partial charge in [0.25, 0.3) is 5.91 Å². The molecule has 1 heterocycles. The standard InChI is InChI=1S/C28H23F3N4O5/c29-28(30,31)40-23-11-9-21(10-12-23)34-27(39)35(22-15-20-3-1-2-4-24(20)33-16-22)17-18-5-7-19(8-6-18)26(38)32-14-13-25(36)37/h1-12,15-16H,13-14,17H2,(H,32,38)(H,34,39)(H,36,37). The van der Waals surface area contributed by atoms with Gasteiger partial charge in [-0.1, -0.05) is 30.3 Å². The summed E-state index contributed by atoms with van der Waals surface area (Å²) in [5.41, 5.74) is 2.42. The van der Waals surface area contributed by atoms with E-state index in [0.717, 1.165) is 23.0 Å². The van der Waals surface area contributed by atoms with Crippen molar-refractivity contribution >= 4 is 40.2 Å². The third-order valence-corrected chi connectivity index (χ3v) is 5.65. The van der Waals surface area contributed by atoms with E-state index < -0.39 is 30.0 Å². The summed E-state index contributed by atoms with van der Waals surface area (Å²) in [4.78, 5) is 42.1. The van der Waals surface area contributed by atoms with E-state index >= 15 is 0 Å². The van der Waals surface area contributed by atoms with Gasteiger partial charge < -0.3 is 20.5 Å². The first-order chi connectivity index (χ1) is 19.1. The molecule has 0 fully saturated rings. The van der Waals surface area contributed by atoms with Crippen molar-refractivity contribution in [1.29, 1.82) is 0 Å². The predicted octanol–water partition coefficient (Wildman–Crippen LogP) is 5.58. The molecule has 9 nitrogen and oxygen atoms in total. The number of carboxylic acids is 1. The molecule has 0 bridgehead atoms. The summed E-state index contributed by atoms with van der Waals surface area (Å²) in [6.45, 7) is 0.0597. The summed E-state index contributed by atoms with van der Waals surface area (Å²) < 4.78 is 41.3. The molecule has 4 aromatic rings. The van der Waals surface area contributed by atoms with Gasteiger partial charge in [0.15, 0.2) is 0 Å². The maximum Gasteiger partial charge on any atom is 0.573 e. The number of benzene rings is 3. The smallest absolute Gasteiger partial charge is 0.481 e. The fraction of sp³-hybridized carbons (Fsp3) is 0.143. The average Bonchev–Trinajstić information content (AvgIpc) is 2.91. The number of aliphatic carboxylic acids is 1. The van der Waals surface area contributed by atoms with Gasteiger partial charge in [-0.25, -0.2) is 4.79 Å². The molecule has 206 valence electrons. The summed E-state index contributed by atoms with van der Waals surface area (Å²) in [7, 11) is 0. The minimum absolute atomic E-state index is 0.0118. The number of pyridine rings is 1. The number of halogens is 3. The molecule has 0 saturated heterocycles. The molecule has 1 aromatic heterocycles. The Bertz CT molecular complexity index is 1510. The molecule has 3 aromatic carbocycles. The topological polar surface area (TPSA) is 121 Å². The van der Waals surface area contributed by atoms with E-state index in [4.69, 9.17) is 5.11 Å². The van der Waals surface area contributed by atoms with Gasteiger partial charge in [0.05, 0.1) is 30.4 Å². The van der Waals surface area contributed by atoms with Crippen molar-refractivity contribution < 1.29 is 37.4 Å². The number of hydrogen-bond acceptors (Lipinski definition) is 5. The number of carbonyl (C=O) groups excluding carboxylic acids is 2. The summed E-state index contributed by atoms with van der Waals surface area (Å²) >= 11 is 0. The average molecular weight is 553 g/mol. The number of ether oxygens (including phenoxy) is 1. The third kappa shape index (κ3) is 7.69. The zero-order chi connectivity index (χ0) is 28.7. The largest absolute Gasteiger partial charge is 0.573 e. The second-order valence-corrected chi connectivity index (χ2v) is 8.57. The van der Waals surface area contributed by atoms with Gasteiger partial charge >= 0.3 is 18.4 Å². The van der Waals surface area contributed by atoms with Crippen LogP contribution in [0.25, 0.3) is 10.9 Å². The van der Waals surface area contributed by atoms with Crippen molar-refractivity contribution in [3.05, 3.63) is 96.2 Å². The number of anilines is 2. The summed E-state index contributed by atoms with van der Waals surface area (Å²) in [5, 5.41) is 14.7. The molecule has 40 heavy (non-hydrogen) atoms. The van der Waals surface area contributed by atoms with Gasteiger partial charge in [0.1, 0.15) is 5.75 Å². The van der Waals surface area contributed by atoms with Gasteiger partial charge in [-0.05, 0) is 54.1 Å². The van der Waals surface area contributed by atoms with E-state index in [9.17, 15) is 27.6 Å².